The van der Waals surface area contributed by atoms with Crippen molar-refractivity contribution in [2.24, 2.45) is 11.7 Å². The Kier molecular flexibility index (Phi) is 5.98. The summed E-state index contributed by atoms with van der Waals surface area (Å²) in [5.74, 6) is -0.0806. The lowest BCUT2D eigenvalue weighted by Crippen LogP contribution is -2.41. The maximum absolute atomic E-state index is 14.2. The first-order valence-electron chi connectivity index (χ1n) is 7.41. The number of rotatable bonds is 4. The lowest BCUT2D eigenvalue weighted by Gasteiger charge is -2.28. The molecule has 1 aromatic carbocycles. The number of aryl methyl sites for hydroxylation is 1. The first-order valence-corrected chi connectivity index (χ1v) is 7.41. The van der Waals surface area contributed by atoms with Gasteiger partial charge in [0, 0.05) is 30.8 Å². The third-order valence-electron chi connectivity index (χ3n) is 3.88. The second kappa shape index (κ2) is 7.77. The van der Waals surface area contributed by atoms with E-state index < -0.39 is 5.82 Å². The molecule has 0 radical (unpaired) electrons. The molecule has 1 saturated heterocycles. The highest BCUT2D eigenvalue weighted by atomic mass is 35.5. The molecule has 7 heteroatoms. The van der Waals surface area contributed by atoms with Crippen LogP contribution in [0.25, 0.3) is 5.69 Å². The lowest BCUT2D eigenvalue weighted by molar-refractivity contribution is 0.0220. The van der Waals surface area contributed by atoms with Crippen LogP contribution in [0, 0.1) is 18.7 Å². The highest BCUT2D eigenvalue weighted by Gasteiger charge is 2.23. The van der Waals surface area contributed by atoms with E-state index in [1.807, 2.05) is 13.1 Å². The zero-order chi connectivity index (χ0) is 15.5. The van der Waals surface area contributed by atoms with Gasteiger partial charge >= 0.3 is 0 Å². The molecule has 23 heavy (non-hydrogen) atoms. The van der Waals surface area contributed by atoms with Gasteiger partial charge in [0.25, 0.3) is 0 Å². The zero-order valence-corrected chi connectivity index (χ0v) is 13.8. The summed E-state index contributed by atoms with van der Waals surface area (Å²) in [6.07, 6.45) is 4.38. The highest BCUT2D eigenvalue weighted by molar-refractivity contribution is 5.85. The van der Waals surface area contributed by atoms with Crippen LogP contribution in [-0.2, 0) is 4.74 Å². The molecule has 1 fully saturated rings. The van der Waals surface area contributed by atoms with Crippen LogP contribution in [0.5, 0.6) is 5.75 Å². The number of hydrogen-bond donors (Lipinski definition) is 1. The SMILES string of the molecule is Cc1cnn(-c2ccc(OCC3COCCC3N)c(F)c2)c1.Cl. The van der Waals surface area contributed by atoms with Gasteiger partial charge < -0.3 is 15.2 Å². The summed E-state index contributed by atoms with van der Waals surface area (Å²) in [7, 11) is 0. The molecule has 126 valence electrons. The molecule has 2 unspecified atom stereocenters. The van der Waals surface area contributed by atoms with Crippen molar-refractivity contribution in [3.05, 3.63) is 42.0 Å². The molecule has 1 aliphatic heterocycles. The Morgan fingerprint density at radius 2 is 2.30 bits per heavy atom. The molecule has 0 aliphatic carbocycles. The van der Waals surface area contributed by atoms with Gasteiger partial charge in [0.1, 0.15) is 0 Å². The molecule has 3 rings (SSSR count). The first-order chi connectivity index (χ1) is 10.6. The predicted octanol–water partition coefficient (Wildman–Crippen LogP) is 2.48. The minimum atomic E-state index is -0.407. The van der Waals surface area contributed by atoms with Crippen molar-refractivity contribution < 1.29 is 13.9 Å². The van der Waals surface area contributed by atoms with Crippen molar-refractivity contribution >= 4 is 12.4 Å². The molecule has 0 spiro atoms. The number of hydrogen-bond acceptors (Lipinski definition) is 4. The van der Waals surface area contributed by atoms with Crippen LogP contribution < -0.4 is 10.5 Å². The summed E-state index contributed by atoms with van der Waals surface area (Å²) >= 11 is 0. The summed E-state index contributed by atoms with van der Waals surface area (Å²) in [5.41, 5.74) is 7.70. The Morgan fingerprint density at radius 1 is 1.48 bits per heavy atom. The third kappa shape index (κ3) is 4.22. The van der Waals surface area contributed by atoms with E-state index in [1.54, 1.807) is 23.0 Å². The summed E-state index contributed by atoms with van der Waals surface area (Å²) in [4.78, 5) is 0. The van der Waals surface area contributed by atoms with E-state index in [0.717, 1.165) is 12.0 Å². The molecular weight excluding hydrogens is 321 g/mol. The molecule has 1 aromatic heterocycles. The summed E-state index contributed by atoms with van der Waals surface area (Å²) < 4.78 is 26.8. The van der Waals surface area contributed by atoms with Crippen LogP contribution in [0.15, 0.2) is 30.6 Å². The average molecular weight is 342 g/mol. The summed E-state index contributed by atoms with van der Waals surface area (Å²) in [5, 5.41) is 4.16. The summed E-state index contributed by atoms with van der Waals surface area (Å²) in [6, 6.07) is 4.86. The lowest BCUT2D eigenvalue weighted by atomic mass is 9.98. The van der Waals surface area contributed by atoms with E-state index >= 15 is 0 Å². The van der Waals surface area contributed by atoms with Crippen molar-refractivity contribution in [3.8, 4) is 11.4 Å². The monoisotopic (exact) mass is 341 g/mol. The standard InChI is InChI=1S/C16H20FN3O2.ClH/c1-11-7-19-20(8-11)13-2-3-16(14(17)6-13)22-10-12-9-21-5-4-15(12)18;/h2-3,6-8,12,15H,4-5,9-10,18H2,1H3;1H. The van der Waals surface area contributed by atoms with Gasteiger partial charge in [0.05, 0.1) is 25.1 Å². The van der Waals surface area contributed by atoms with Crippen LogP contribution in [-0.4, -0.2) is 35.6 Å². The normalized spacial score (nSPS) is 20.8. The van der Waals surface area contributed by atoms with Gasteiger partial charge in [-0.05, 0) is 31.0 Å². The smallest absolute Gasteiger partial charge is 0.167 e. The average Bonchev–Trinajstić information content (AvgIpc) is 2.94. The minimum absolute atomic E-state index is 0. The van der Waals surface area contributed by atoms with Crippen LogP contribution in [0.1, 0.15) is 12.0 Å². The fraction of sp³-hybridized carbons (Fsp3) is 0.438. The van der Waals surface area contributed by atoms with E-state index in [2.05, 4.69) is 5.10 Å². The molecule has 0 saturated carbocycles. The van der Waals surface area contributed by atoms with Crippen LogP contribution in [0.2, 0.25) is 0 Å². The number of halogens is 2. The number of nitrogens with zero attached hydrogens (tertiary/aromatic N) is 2. The third-order valence-corrected chi connectivity index (χ3v) is 3.88. The van der Waals surface area contributed by atoms with Crippen LogP contribution >= 0.6 is 12.4 Å². The molecule has 5 nitrogen and oxygen atoms in total. The van der Waals surface area contributed by atoms with E-state index in [-0.39, 0.29) is 30.1 Å². The molecule has 1 aliphatic rings. The molecule has 2 atom stereocenters. The van der Waals surface area contributed by atoms with Crippen molar-refractivity contribution in [1.82, 2.24) is 9.78 Å². The number of benzene rings is 1. The Labute approximate surface area is 141 Å². The molecule has 2 N–H and O–H groups in total. The van der Waals surface area contributed by atoms with Gasteiger partial charge in [-0.2, -0.15) is 5.10 Å². The van der Waals surface area contributed by atoms with Crippen molar-refractivity contribution in [3.63, 3.8) is 0 Å². The van der Waals surface area contributed by atoms with Crippen LogP contribution in [0.4, 0.5) is 4.39 Å². The Balaban J connectivity index is 0.00000192. The maximum Gasteiger partial charge on any atom is 0.167 e. The maximum atomic E-state index is 14.2. The van der Waals surface area contributed by atoms with Crippen molar-refractivity contribution in [1.29, 1.82) is 0 Å². The molecule has 0 bridgehead atoms. The van der Waals surface area contributed by atoms with Crippen LogP contribution in [0.3, 0.4) is 0 Å². The van der Waals surface area contributed by atoms with Crippen molar-refractivity contribution in [2.45, 2.75) is 19.4 Å². The molecule has 0 amide bonds. The summed E-state index contributed by atoms with van der Waals surface area (Å²) in [6.45, 7) is 3.54. The quantitative estimate of drug-likeness (QED) is 0.928. The topological polar surface area (TPSA) is 62.3 Å². The number of nitrogens with two attached hydrogens (primary N) is 1. The first kappa shape index (κ1) is 17.7. The molecule has 2 aromatic rings. The number of ether oxygens (including phenoxy) is 2. The van der Waals surface area contributed by atoms with E-state index in [1.165, 1.54) is 6.07 Å². The van der Waals surface area contributed by atoms with Gasteiger partial charge in [-0.3, -0.25) is 0 Å². The second-order valence-corrected chi connectivity index (χ2v) is 5.68. The Morgan fingerprint density at radius 3 is 2.96 bits per heavy atom. The largest absolute Gasteiger partial charge is 0.490 e. The second-order valence-electron chi connectivity index (χ2n) is 5.68. The van der Waals surface area contributed by atoms with Gasteiger partial charge in [0.15, 0.2) is 11.6 Å². The number of aromatic nitrogens is 2. The van der Waals surface area contributed by atoms with E-state index in [9.17, 15) is 4.39 Å². The van der Waals surface area contributed by atoms with Gasteiger partial charge in [0.2, 0.25) is 0 Å². The zero-order valence-electron chi connectivity index (χ0n) is 12.9. The predicted molar refractivity (Wildman–Crippen MR) is 87.9 cm³/mol. The van der Waals surface area contributed by atoms with E-state index in [0.29, 0.717) is 25.5 Å². The fourth-order valence-corrected chi connectivity index (χ4v) is 2.49. The van der Waals surface area contributed by atoms with Gasteiger partial charge in [-0.25, -0.2) is 9.07 Å². The fourth-order valence-electron chi connectivity index (χ4n) is 2.49. The Bertz CT molecular complexity index is 650. The minimum Gasteiger partial charge on any atom is -0.490 e. The molecule has 2 heterocycles. The molecular formula is C16H21ClFN3O2. The van der Waals surface area contributed by atoms with E-state index in [4.69, 9.17) is 15.2 Å². The highest BCUT2D eigenvalue weighted by Crippen LogP contribution is 2.22. The Hall–Kier alpha value is -1.63. The van der Waals surface area contributed by atoms with Crippen molar-refractivity contribution in [2.75, 3.05) is 19.8 Å². The van der Waals surface area contributed by atoms with Gasteiger partial charge in [-0.15, -0.1) is 12.4 Å². The van der Waals surface area contributed by atoms with Gasteiger partial charge in [-0.1, -0.05) is 0 Å².